The molecule has 0 fully saturated rings. The molecule has 1 aromatic heterocycles. The van der Waals surface area contributed by atoms with Crippen molar-refractivity contribution < 1.29 is 0 Å². The van der Waals surface area contributed by atoms with E-state index in [-0.39, 0.29) is 0 Å². The molecule has 0 bridgehead atoms. The van der Waals surface area contributed by atoms with Gasteiger partial charge in [-0.1, -0.05) is 51.9 Å². The minimum atomic E-state index is 0.557. The van der Waals surface area contributed by atoms with Gasteiger partial charge in [0.1, 0.15) is 5.03 Å². The lowest BCUT2D eigenvalue weighted by atomic mass is 10.1. The maximum atomic E-state index is 5.74. The number of rotatable bonds is 10. The third-order valence-corrected chi connectivity index (χ3v) is 4.01. The van der Waals surface area contributed by atoms with E-state index in [0.717, 1.165) is 10.8 Å². The van der Waals surface area contributed by atoms with Crippen LogP contribution in [0.15, 0.2) is 17.4 Å². The molecule has 4 heteroatoms. The Morgan fingerprint density at radius 3 is 2.22 bits per heavy atom. The molecule has 1 rings (SSSR count). The Bertz CT molecular complexity index is 318. The molecule has 1 heterocycles. The molecule has 0 amide bonds. The highest BCUT2D eigenvalue weighted by Crippen LogP contribution is 2.21. The van der Waals surface area contributed by atoms with Crippen LogP contribution in [0.4, 0.5) is 5.82 Å². The predicted octanol–water partition coefficient (Wildman–Crippen LogP) is 4.29. The van der Waals surface area contributed by atoms with Gasteiger partial charge in [0.25, 0.3) is 0 Å². The van der Waals surface area contributed by atoms with E-state index in [1.54, 1.807) is 24.2 Å². The Morgan fingerprint density at radius 1 is 0.944 bits per heavy atom. The summed E-state index contributed by atoms with van der Waals surface area (Å²) in [5.74, 6) is 1.65. The Morgan fingerprint density at radius 2 is 1.56 bits per heavy atom. The van der Waals surface area contributed by atoms with Crippen LogP contribution in [0.2, 0.25) is 0 Å². The zero-order valence-corrected chi connectivity index (χ0v) is 12.2. The highest BCUT2D eigenvalue weighted by molar-refractivity contribution is 7.99. The summed E-state index contributed by atoms with van der Waals surface area (Å²) in [6.45, 7) is 2.26. The summed E-state index contributed by atoms with van der Waals surface area (Å²) < 4.78 is 0. The van der Waals surface area contributed by atoms with Crippen molar-refractivity contribution in [3.8, 4) is 0 Å². The number of unbranched alkanes of at least 4 members (excludes halogenated alkanes) is 7. The van der Waals surface area contributed by atoms with Crippen molar-refractivity contribution in [3.05, 3.63) is 12.4 Å². The summed E-state index contributed by atoms with van der Waals surface area (Å²) in [5, 5.41) is 0.875. The number of anilines is 1. The fourth-order valence-corrected chi connectivity index (χ4v) is 2.73. The lowest BCUT2D eigenvalue weighted by Gasteiger charge is -2.03. The lowest BCUT2D eigenvalue weighted by molar-refractivity contribution is 0.586. The highest BCUT2D eigenvalue weighted by Gasteiger charge is 2.00. The van der Waals surface area contributed by atoms with E-state index in [1.165, 1.54) is 51.4 Å². The molecular formula is C14H25N3S. The molecule has 1 aromatic rings. The van der Waals surface area contributed by atoms with Gasteiger partial charge in [-0.05, 0) is 12.2 Å². The summed E-state index contributed by atoms with van der Waals surface area (Å²) in [6.07, 6.45) is 14.2. The third kappa shape index (κ3) is 6.84. The number of nitrogens with two attached hydrogens (primary N) is 1. The second kappa shape index (κ2) is 10.2. The summed E-state index contributed by atoms with van der Waals surface area (Å²) in [4.78, 5) is 8.25. The van der Waals surface area contributed by atoms with Crippen LogP contribution in [0.5, 0.6) is 0 Å². The second-order valence-corrected chi connectivity index (χ2v) is 5.65. The first-order valence-corrected chi connectivity index (χ1v) is 8.02. The van der Waals surface area contributed by atoms with Crippen LogP contribution in [0.3, 0.4) is 0 Å². The number of nitrogen functional groups attached to an aromatic ring is 1. The average molecular weight is 267 g/mol. The van der Waals surface area contributed by atoms with Crippen molar-refractivity contribution in [2.75, 3.05) is 11.5 Å². The Kier molecular flexibility index (Phi) is 8.65. The minimum Gasteiger partial charge on any atom is -0.381 e. The Hall–Kier alpha value is -0.770. The first kappa shape index (κ1) is 15.3. The van der Waals surface area contributed by atoms with Gasteiger partial charge < -0.3 is 5.73 Å². The fourth-order valence-electron chi connectivity index (χ4n) is 1.85. The molecule has 0 unspecified atom stereocenters. The molecular weight excluding hydrogens is 242 g/mol. The van der Waals surface area contributed by atoms with Crippen LogP contribution in [0, 0.1) is 0 Å². The zero-order valence-electron chi connectivity index (χ0n) is 11.4. The SMILES string of the molecule is CCCCCCCCCCSc1nccnc1N. The highest BCUT2D eigenvalue weighted by atomic mass is 32.2. The summed E-state index contributed by atoms with van der Waals surface area (Å²) in [7, 11) is 0. The van der Waals surface area contributed by atoms with Crippen LogP contribution >= 0.6 is 11.8 Å². The maximum Gasteiger partial charge on any atom is 0.156 e. The van der Waals surface area contributed by atoms with Crippen LogP contribution in [0.1, 0.15) is 58.3 Å². The maximum absolute atomic E-state index is 5.74. The molecule has 0 saturated heterocycles. The van der Waals surface area contributed by atoms with Gasteiger partial charge in [-0.2, -0.15) is 0 Å². The van der Waals surface area contributed by atoms with E-state index >= 15 is 0 Å². The lowest BCUT2D eigenvalue weighted by Crippen LogP contribution is -1.95. The fraction of sp³-hybridized carbons (Fsp3) is 0.714. The van der Waals surface area contributed by atoms with Crippen LogP contribution in [-0.2, 0) is 0 Å². The van der Waals surface area contributed by atoms with Gasteiger partial charge in [0, 0.05) is 12.4 Å². The topological polar surface area (TPSA) is 51.8 Å². The van der Waals surface area contributed by atoms with Crippen molar-refractivity contribution in [1.29, 1.82) is 0 Å². The van der Waals surface area contributed by atoms with Crippen molar-refractivity contribution in [2.45, 2.75) is 63.3 Å². The third-order valence-electron chi connectivity index (χ3n) is 2.93. The molecule has 0 atom stereocenters. The largest absolute Gasteiger partial charge is 0.381 e. The first-order chi connectivity index (χ1) is 8.84. The molecule has 0 radical (unpaired) electrons. The van der Waals surface area contributed by atoms with Gasteiger partial charge in [-0.25, -0.2) is 9.97 Å². The smallest absolute Gasteiger partial charge is 0.156 e. The van der Waals surface area contributed by atoms with Crippen LogP contribution in [0.25, 0.3) is 0 Å². The first-order valence-electron chi connectivity index (χ1n) is 7.04. The van der Waals surface area contributed by atoms with E-state index in [0.29, 0.717) is 5.82 Å². The van der Waals surface area contributed by atoms with E-state index in [1.807, 2.05) is 0 Å². The number of hydrogen-bond acceptors (Lipinski definition) is 4. The molecule has 0 aliphatic rings. The molecule has 2 N–H and O–H groups in total. The number of nitrogens with zero attached hydrogens (tertiary/aromatic N) is 2. The van der Waals surface area contributed by atoms with E-state index < -0.39 is 0 Å². The monoisotopic (exact) mass is 267 g/mol. The van der Waals surface area contributed by atoms with E-state index in [2.05, 4.69) is 16.9 Å². The van der Waals surface area contributed by atoms with Crippen LogP contribution < -0.4 is 5.73 Å². The number of thioether (sulfide) groups is 1. The minimum absolute atomic E-state index is 0.557. The molecule has 0 aliphatic carbocycles. The summed E-state index contributed by atoms with van der Waals surface area (Å²) in [5.41, 5.74) is 5.74. The van der Waals surface area contributed by atoms with Gasteiger partial charge in [-0.3, -0.25) is 0 Å². The van der Waals surface area contributed by atoms with E-state index in [4.69, 9.17) is 5.73 Å². The second-order valence-electron chi connectivity index (χ2n) is 4.57. The molecule has 0 saturated carbocycles. The van der Waals surface area contributed by atoms with Crippen LogP contribution in [-0.4, -0.2) is 15.7 Å². The van der Waals surface area contributed by atoms with Gasteiger partial charge in [0.2, 0.25) is 0 Å². The van der Waals surface area contributed by atoms with Gasteiger partial charge >= 0.3 is 0 Å². The normalized spacial score (nSPS) is 10.7. The Balaban J connectivity index is 1.94. The van der Waals surface area contributed by atoms with Crippen molar-refractivity contribution in [2.24, 2.45) is 0 Å². The van der Waals surface area contributed by atoms with E-state index in [9.17, 15) is 0 Å². The molecule has 0 aliphatic heterocycles. The molecule has 3 nitrogen and oxygen atoms in total. The van der Waals surface area contributed by atoms with Gasteiger partial charge in [-0.15, -0.1) is 11.8 Å². The van der Waals surface area contributed by atoms with Crippen molar-refractivity contribution in [1.82, 2.24) is 9.97 Å². The summed E-state index contributed by atoms with van der Waals surface area (Å²) >= 11 is 1.72. The predicted molar refractivity (Wildman–Crippen MR) is 79.8 cm³/mol. The average Bonchev–Trinajstić information content (AvgIpc) is 2.39. The van der Waals surface area contributed by atoms with Crippen molar-refractivity contribution >= 4 is 17.6 Å². The van der Waals surface area contributed by atoms with Gasteiger partial charge in [0.05, 0.1) is 0 Å². The van der Waals surface area contributed by atoms with Gasteiger partial charge in [0.15, 0.2) is 5.82 Å². The molecule has 102 valence electrons. The van der Waals surface area contributed by atoms with Crippen molar-refractivity contribution in [3.63, 3.8) is 0 Å². The zero-order chi connectivity index (χ0) is 13.1. The molecule has 0 aromatic carbocycles. The summed E-state index contributed by atoms with van der Waals surface area (Å²) in [6, 6.07) is 0. The Labute approximate surface area is 115 Å². The number of aromatic nitrogens is 2. The molecule has 18 heavy (non-hydrogen) atoms. The quantitative estimate of drug-likeness (QED) is 0.507. The number of hydrogen-bond donors (Lipinski definition) is 1. The standard InChI is InChI=1S/C14H25N3S/c1-2-3-4-5-6-7-8-9-12-18-14-13(15)16-10-11-17-14/h10-11H,2-9,12H2,1H3,(H2,15,16). The molecule has 0 spiro atoms.